The number of carboxylic acid groups (broad SMARTS) is 1. The van der Waals surface area contributed by atoms with Gasteiger partial charge in [-0.3, -0.25) is 4.79 Å². The summed E-state index contributed by atoms with van der Waals surface area (Å²) >= 11 is 1.13. The van der Waals surface area contributed by atoms with Crippen LogP contribution in [-0.2, 0) is 9.59 Å². The summed E-state index contributed by atoms with van der Waals surface area (Å²) in [4.78, 5) is 32.9. The van der Waals surface area contributed by atoms with E-state index in [1.54, 1.807) is 6.07 Å². The number of aromatic nitrogens is 2. The van der Waals surface area contributed by atoms with Crippen LogP contribution in [0.15, 0.2) is 28.4 Å². The summed E-state index contributed by atoms with van der Waals surface area (Å²) in [5.74, 6) is -0.506. The van der Waals surface area contributed by atoms with Gasteiger partial charge in [0.05, 0.1) is 10.7 Å². The molecule has 9 nitrogen and oxygen atoms in total. The number of nitrogens with one attached hydrogen (secondary N) is 2. The molecule has 1 aromatic rings. The third-order valence-corrected chi connectivity index (χ3v) is 4.98. The van der Waals surface area contributed by atoms with Gasteiger partial charge >= 0.3 is 5.97 Å². The Kier molecular flexibility index (Phi) is 5.93. The number of allylic oxidation sites excluding steroid dienone is 1. The number of hydrogen-bond acceptors (Lipinski definition) is 8. The number of aliphatic carboxylic acids is 1. The topological polar surface area (TPSA) is 131 Å². The molecule has 0 spiro atoms. The maximum Gasteiger partial charge on any atom is 0.352 e. The van der Waals surface area contributed by atoms with E-state index in [1.165, 1.54) is 11.6 Å². The number of amides is 1. The zero-order valence-corrected chi connectivity index (χ0v) is 15.3. The Morgan fingerprint density at radius 3 is 3.04 bits per heavy atom. The molecule has 1 saturated heterocycles. The molecule has 1 aromatic heterocycles. The van der Waals surface area contributed by atoms with Crippen molar-refractivity contribution >= 4 is 35.2 Å². The Morgan fingerprint density at radius 2 is 2.37 bits per heavy atom. The molecule has 140 valence electrons. The molecule has 3 N–H and O–H groups in total. The van der Waals surface area contributed by atoms with Gasteiger partial charge in [0.15, 0.2) is 0 Å². The highest BCUT2D eigenvalue weighted by Crippen LogP contribution is 2.31. The summed E-state index contributed by atoms with van der Waals surface area (Å²) in [5.41, 5.74) is 0.673. The number of hydrogen-bond donors (Lipinski definition) is 3. The maximum absolute atomic E-state index is 11.6. The van der Waals surface area contributed by atoms with Crippen LogP contribution in [0, 0.1) is 11.3 Å². The molecule has 3 rings (SSSR count). The predicted octanol–water partition coefficient (Wildman–Crippen LogP) is 1.36. The summed E-state index contributed by atoms with van der Waals surface area (Å²) < 4.78 is 0. The summed E-state index contributed by atoms with van der Waals surface area (Å²) in [5, 5.41) is 26.1. The number of nitrogens with zero attached hydrogens (tertiary/aromatic N) is 4. The lowest BCUT2D eigenvalue weighted by molar-refractivity contribution is -0.133. The van der Waals surface area contributed by atoms with Crippen LogP contribution in [0.1, 0.15) is 25.0 Å². The third-order valence-electron chi connectivity index (χ3n) is 4.08. The average Bonchev–Trinajstić information content (AvgIpc) is 3.30. The fraction of sp³-hybridized carbons (Fsp3) is 0.353. The van der Waals surface area contributed by atoms with E-state index in [1.807, 2.05) is 4.90 Å². The normalized spacial score (nSPS) is 18.0. The van der Waals surface area contributed by atoms with Crippen molar-refractivity contribution in [2.24, 2.45) is 0 Å². The molecule has 0 unspecified atom stereocenters. The van der Waals surface area contributed by atoms with Crippen molar-refractivity contribution in [1.82, 2.24) is 20.2 Å². The minimum atomic E-state index is -1.09. The van der Waals surface area contributed by atoms with Gasteiger partial charge in [0, 0.05) is 37.7 Å². The van der Waals surface area contributed by atoms with Crippen LogP contribution in [-0.4, -0.2) is 51.5 Å². The Labute approximate surface area is 160 Å². The van der Waals surface area contributed by atoms with Gasteiger partial charge in [0.1, 0.15) is 17.3 Å². The van der Waals surface area contributed by atoms with Gasteiger partial charge in [-0.1, -0.05) is 11.8 Å². The molecule has 0 aromatic carbocycles. The van der Waals surface area contributed by atoms with Gasteiger partial charge in [-0.2, -0.15) is 5.26 Å². The van der Waals surface area contributed by atoms with Crippen molar-refractivity contribution in [1.29, 1.82) is 5.26 Å². The summed E-state index contributed by atoms with van der Waals surface area (Å²) in [7, 11) is 0. The zero-order chi connectivity index (χ0) is 19.2. The molecule has 10 heteroatoms. The highest BCUT2D eigenvalue weighted by Gasteiger charge is 2.21. The second-order valence-electron chi connectivity index (χ2n) is 5.93. The van der Waals surface area contributed by atoms with Crippen LogP contribution in [0.5, 0.6) is 0 Å². The van der Waals surface area contributed by atoms with Crippen molar-refractivity contribution in [3.8, 4) is 6.07 Å². The number of carbonyl (C=O) groups is 2. The second-order valence-corrected chi connectivity index (χ2v) is 6.81. The number of rotatable bonds is 7. The molecule has 0 saturated carbocycles. The summed E-state index contributed by atoms with van der Waals surface area (Å²) in [6, 6.07) is 3.66. The second kappa shape index (κ2) is 8.55. The Morgan fingerprint density at radius 1 is 1.52 bits per heavy atom. The third kappa shape index (κ3) is 4.57. The SMILES string of the molecule is N#C/C(=C1\NC(C(=O)O)=CS1)c1ccnc(NCCCN2CCCC2=O)n1. The van der Waals surface area contributed by atoms with Gasteiger partial charge in [0.25, 0.3) is 0 Å². The number of likely N-dealkylation sites (tertiary alicyclic amines) is 1. The number of carboxylic acids is 1. The molecular weight excluding hydrogens is 368 g/mol. The Hall–Kier alpha value is -3.06. The van der Waals surface area contributed by atoms with Crippen molar-refractivity contribution in [3.63, 3.8) is 0 Å². The van der Waals surface area contributed by atoms with Gasteiger partial charge in [0.2, 0.25) is 11.9 Å². The molecule has 2 aliphatic heterocycles. The minimum absolute atomic E-state index is 0.0200. The molecule has 0 bridgehead atoms. The van der Waals surface area contributed by atoms with Crippen LogP contribution in [0.2, 0.25) is 0 Å². The predicted molar refractivity (Wildman–Crippen MR) is 99.9 cm³/mol. The molecule has 3 heterocycles. The lowest BCUT2D eigenvalue weighted by Crippen LogP contribution is -2.27. The molecule has 27 heavy (non-hydrogen) atoms. The smallest absolute Gasteiger partial charge is 0.352 e. The van der Waals surface area contributed by atoms with Crippen molar-refractivity contribution in [2.45, 2.75) is 19.3 Å². The molecule has 1 fully saturated rings. The number of anilines is 1. The fourth-order valence-electron chi connectivity index (χ4n) is 2.74. The summed E-state index contributed by atoms with van der Waals surface area (Å²) in [6.07, 6.45) is 3.87. The maximum atomic E-state index is 11.6. The van der Waals surface area contributed by atoms with E-state index in [0.29, 0.717) is 36.2 Å². The molecular formula is C17H18N6O3S. The van der Waals surface area contributed by atoms with Crippen molar-refractivity contribution < 1.29 is 14.7 Å². The van der Waals surface area contributed by atoms with E-state index in [2.05, 4.69) is 26.7 Å². The molecule has 0 aliphatic carbocycles. The van der Waals surface area contributed by atoms with Crippen molar-refractivity contribution in [3.05, 3.63) is 34.1 Å². The van der Waals surface area contributed by atoms with Gasteiger partial charge < -0.3 is 20.6 Å². The van der Waals surface area contributed by atoms with E-state index in [-0.39, 0.29) is 17.2 Å². The van der Waals surface area contributed by atoms with E-state index >= 15 is 0 Å². The lowest BCUT2D eigenvalue weighted by atomic mass is 10.2. The number of nitriles is 1. The van der Waals surface area contributed by atoms with E-state index in [0.717, 1.165) is 31.1 Å². The first-order valence-electron chi connectivity index (χ1n) is 8.45. The number of thioether (sulfide) groups is 1. The molecule has 2 aliphatic rings. The first kappa shape index (κ1) is 18.7. The first-order chi connectivity index (χ1) is 13.1. The van der Waals surface area contributed by atoms with E-state index < -0.39 is 5.97 Å². The highest BCUT2D eigenvalue weighted by atomic mass is 32.2. The number of carbonyl (C=O) groups excluding carboxylic acids is 1. The van der Waals surface area contributed by atoms with E-state index in [9.17, 15) is 14.9 Å². The van der Waals surface area contributed by atoms with Gasteiger partial charge in [-0.25, -0.2) is 14.8 Å². The Balaban J connectivity index is 1.60. The van der Waals surface area contributed by atoms with Crippen LogP contribution in [0.4, 0.5) is 5.95 Å². The quantitative estimate of drug-likeness (QED) is 0.469. The van der Waals surface area contributed by atoms with E-state index in [4.69, 9.17) is 5.11 Å². The monoisotopic (exact) mass is 386 g/mol. The molecule has 0 atom stereocenters. The zero-order valence-electron chi connectivity index (χ0n) is 14.4. The lowest BCUT2D eigenvalue weighted by Gasteiger charge is -2.15. The van der Waals surface area contributed by atoms with Gasteiger partial charge in [-0.15, -0.1) is 0 Å². The van der Waals surface area contributed by atoms with Crippen LogP contribution in [0.3, 0.4) is 0 Å². The minimum Gasteiger partial charge on any atom is -0.477 e. The first-order valence-corrected chi connectivity index (χ1v) is 9.33. The van der Waals surface area contributed by atoms with Crippen molar-refractivity contribution in [2.75, 3.05) is 25.0 Å². The van der Waals surface area contributed by atoms with Crippen LogP contribution in [0.25, 0.3) is 5.57 Å². The van der Waals surface area contributed by atoms with Crippen LogP contribution < -0.4 is 10.6 Å². The fourth-order valence-corrected chi connectivity index (χ4v) is 3.57. The van der Waals surface area contributed by atoms with Gasteiger partial charge in [-0.05, 0) is 18.9 Å². The standard InChI is InChI=1S/C17H18N6O3S/c18-9-11(15-21-13(10-27-15)16(25)26)12-4-6-20-17(22-12)19-5-2-8-23-7-1-3-14(23)24/h4,6,10,21H,1-3,5,7-8H2,(H,25,26)(H,19,20,22)/b15-11-. The largest absolute Gasteiger partial charge is 0.477 e. The Bertz CT molecular complexity index is 860. The highest BCUT2D eigenvalue weighted by molar-refractivity contribution is 8.06. The summed E-state index contributed by atoms with van der Waals surface area (Å²) in [6.45, 7) is 2.12. The molecule has 0 radical (unpaired) electrons. The van der Waals surface area contributed by atoms with Crippen LogP contribution >= 0.6 is 11.8 Å². The average molecular weight is 386 g/mol. The molecule has 1 amide bonds.